The van der Waals surface area contributed by atoms with Gasteiger partial charge >= 0.3 is 0 Å². The number of ether oxygens (including phenoxy) is 1. The first-order chi connectivity index (χ1) is 14.3. The van der Waals surface area contributed by atoms with Crippen LogP contribution in [0.1, 0.15) is 11.3 Å². The number of rotatable bonds is 7. The molecule has 0 bridgehead atoms. The number of aromatic nitrogens is 4. The summed E-state index contributed by atoms with van der Waals surface area (Å²) in [6, 6.07) is 9.88. The zero-order chi connectivity index (χ0) is 20.1. The largest absolute Gasteiger partial charge is 0.496 e. The number of para-hydroxylation sites is 1. The second-order valence-corrected chi connectivity index (χ2v) is 6.43. The molecule has 0 aliphatic rings. The molecule has 0 saturated carbocycles. The summed E-state index contributed by atoms with van der Waals surface area (Å²) < 4.78 is 10.9. The molecule has 0 fully saturated rings. The molecular formula is C22H21N5O2. The Bertz CT molecular complexity index is 1100. The molecule has 3 aromatic heterocycles. The highest BCUT2D eigenvalue weighted by Gasteiger charge is 2.16. The Morgan fingerprint density at radius 1 is 1.03 bits per heavy atom. The molecule has 0 aliphatic carbocycles. The smallest absolute Gasteiger partial charge is 0.223 e. The predicted octanol–water partition coefficient (Wildman–Crippen LogP) is 4.17. The van der Waals surface area contributed by atoms with Crippen molar-refractivity contribution >= 4 is 5.95 Å². The molecule has 1 aromatic carbocycles. The molecule has 146 valence electrons. The quantitative estimate of drug-likeness (QED) is 0.509. The maximum atomic E-state index is 5.48. The minimum Gasteiger partial charge on any atom is -0.496 e. The van der Waals surface area contributed by atoms with E-state index in [1.165, 1.54) is 0 Å². The molecule has 0 atom stereocenters. The van der Waals surface area contributed by atoms with E-state index in [1.54, 1.807) is 38.2 Å². The Labute approximate surface area is 168 Å². The first kappa shape index (κ1) is 18.6. The first-order valence-electron chi connectivity index (χ1n) is 9.30. The second kappa shape index (κ2) is 8.52. The van der Waals surface area contributed by atoms with Crippen molar-refractivity contribution in [3.8, 4) is 28.3 Å². The van der Waals surface area contributed by atoms with Crippen molar-refractivity contribution in [1.29, 1.82) is 0 Å². The van der Waals surface area contributed by atoms with E-state index in [1.807, 2.05) is 31.2 Å². The number of hydrogen-bond acceptors (Lipinski definition) is 7. The van der Waals surface area contributed by atoms with E-state index >= 15 is 0 Å². The molecule has 0 saturated heterocycles. The zero-order valence-corrected chi connectivity index (χ0v) is 16.3. The topological polar surface area (TPSA) is 86.0 Å². The van der Waals surface area contributed by atoms with Crippen molar-refractivity contribution in [2.75, 3.05) is 19.0 Å². The van der Waals surface area contributed by atoms with Gasteiger partial charge in [-0.3, -0.25) is 9.97 Å². The van der Waals surface area contributed by atoms with E-state index in [-0.39, 0.29) is 0 Å². The highest BCUT2D eigenvalue weighted by molar-refractivity contribution is 5.79. The summed E-state index contributed by atoms with van der Waals surface area (Å²) in [4.78, 5) is 17.8. The number of furan rings is 1. The van der Waals surface area contributed by atoms with Crippen LogP contribution < -0.4 is 10.1 Å². The lowest BCUT2D eigenvalue weighted by Crippen LogP contribution is -2.09. The van der Waals surface area contributed by atoms with Crippen molar-refractivity contribution in [2.24, 2.45) is 0 Å². The molecule has 0 amide bonds. The van der Waals surface area contributed by atoms with E-state index in [2.05, 4.69) is 26.3 Å². The van der Waals surface area contributed by atoms with Crippen LogP contribution in [0, 0.1) is 6.92 Å². The number of aryl methyl sites for hydroxylation is 1. The fraction of sp³-hybridized carbons (Fsp3) is 0.182. The van der Waals surface area contributed by atoms with Gasteiger partial charge in [-0.05, 0) is 31.0 Å². The molecule has 1 N–H and O–H groups in total. The zero-order valence-electron chi connectivity index (χ0n) is 16.3. The summed E-state index contributed by atoms with van der Waals surface area (Å²) in [7, 11) is 1.68. The molecule has 0 unspecified atom stereocenters. The minimum absolute atomic E-state index is 0.545. The summed E-state index contributed by atoms with van der Waals surface area (Å²) in [6.07, 6.45) is 9.21. The number of methoxy groups -OCH3 is 1. The highest BCUT2D eigenvalue weighted by atomic mass is 16.5. The minimum atomic E-state index is 0.545. The van der Waals surface area contributed by atoms with Crippen LogP contribution >= 0.6 is 0 Å². The first-order valence-corrected chi connectivity index (χ1v) is 9.30. The van der Waals surface area contributed by atoms with Gasteiger partial charge in [-0.25, -0.2) is 9.97 Å². The molecule has 7 nitrogen and oxygen atoms in total. The summed E-state index contributed by atoms with van der Waals surface area (Å²) >= 11 is 0. The van der Waals surface area contributed by atoms with Crippen LogP contribution in [0.15, 0.2) is 65.8 Å². The Hall–Kier alpha value is -3.74. The van der Waals surface area contributed by atoms with Gasteiger partial charge in [0.1, 0.15) is 11.5 Å². The van der Waals surface area contributed by atoms with Crippen LogP contribution in [-0.4, -0.2) is 33.6 Å². The van der Waals surface area contributed by atoms with Crippen molar-refractivity contribution in [2.45, 2.75) is 13.3 Å². The molecule has 0 aliphatic heterocycles. The fourth-order valence-electron chi connectivity index (χ4n) is 3.15. The third-order valence-corrected chi connectivity index (χ3v) is 4.61. The van der Waals surface area contributed by atoms with Gasteiger partial charge in [-0.15, -0.1) is 0 Å². The molecule has 0 radical (unpaired) electrons. The number of hydrogen-bond donors (Lipinski definition) is 1. The third-order valence-electron chi connectivity index (χ3n) is 4.61. The van der Waals surface area contributed by atoms with Crippen LogP contribution in [0.2, 0.25) is 0 Å². The number of nitrogens with zero attached hydrogens (tertiary/aromatic N) is 4. The van der Waals surface area contributed by atoms with Gasteiger partial charge < -0.3 is 14.5 Å². The summed E-state index contributed by atoms with van der Waals surface area (Å²) in [5.74, 6) is 2.21. The lowest BCUT2D eigenvalue weighted by molar-refractivity contribution is 0.410. The van der Waals surface area contributed by atoms with Gasteiger partial charge in [0, 0.05) is 36.3 Å². The maximum absolute atomic E-state index is 5.48. The third kappa shape index (κ3) is 4.08. The highest BCUT2D eigenvalue weighted by Crippen LogP contribution is 2.32. The van der Waals surface area contributed by atoms with Crippen LogP contribution in [0.4, 0.5) is 5.95 Å². The average Bonchev–Trinajstić information content (AvgIpc) is 3.20. The summed E-state index contributed by atoms with van der Waals surface area (Å²) in [6.45, 7) is 2.58. The van der Waals surface area contributed by atoms with Crippen molar-refractivity contribution < 1.29 is 9.15 Å². The van der Waals surface area contributed by atoms with E-state index in [9.17, 15) is 0 Å². The lowest BCUT2D eigenvalue weighted by atomic mass is 10.1. The molecule has 4 rings (SSSR count). The lowest BCUT2D eigenvalue weighted by Gasteiger charge is -2.11. The maximum Gasteiger partial charge on any atom is 0.223 e. The molecule has 4 aromatic rings. The fourth-order valence-corrected chi connectivity index (χ4v) is 3.15. The van der Waals surface area contributed by atoms with Gasteiger partial charge in [0.25, 0.3) is 0 Å². The van der Waals surface area contributed by atoms with E-state index in [4.69, 9.17) is 14.1 Å². The molecular weight excluding hydrogens is 366 g/mol. The van der Waals surface area contributed by atoms with Crippen LogP contribution in [0.5, 0.6) is 5.75 Å². The Morgan fingerprint density at radius 3 is 2.69 bits per heavy atom. The number of benzene rings is 1. The molecule has 0 spiro atoms. The molecule has 7 heteroatoms. The number of anilines is 1. The van der Waals surface area contributed by atoms with E-state index < -0.39 is 0 Å². The summed E-state index contributed by atoms with van der Waals surface area (Å²) in [5, 5.41) is 3.30. The Balaban J connectivity index is 1.60. The number of nitrogens with one attached hydrogen (secondary N) is 1. The van der Waals surface area contributed by atoms with Gasteiger partial charge in [0.15, 0.2) is 0 Å². The van der Waals surface area contributed by atoms with Crippen LogP contribution in [0.3, 0.4) is 0 Å². The molecule has 29 heavy (non-hydrogen) atoms. The van der Waals surface area contributed by atoms with E-state index in [0.29, 0.717) is 18.2 Å². The van der Waals surface area contributed by atoms with Crippen LogP contribution in [-0.2, 0) is 6.42 Å². The Kier molecular flexibility index (Phi) is 5.47. The SMILES string of the molecule is COc1ccccc1CCNc1ncc(-c2cnccn2)c(-c2ccoc2C)n1. The Morgan fingerprint density at radius 2 is 1.93 bits per heavy atom. The normalized spacial score (nSPS) is 10.7. The summed E-state index contributed by atoms with van der Waals surface area (Å²) in [5.41, 5.74) is 4.30. The van der Waals surface area contributed by atoms with Gasteiger partial charge in [0.2, 0.25) is 5.95 Å². The average molecular weight is 387 g/mol. The van der Waals surface area contributed by atoms with E-state index in [0.717, 1.165) is 40.3 Å². The van der Waals surface area contributed by atoms with Crippen LogP contribution in [0.25, 0.3) is 22.5 Å². The molecule has 3 heterocycles. The second-order valence-electron chi connectivity index (χ2n) is 6.43. The van der Waals surface area contributed by atoms with Crippen molar-refractivity contribution in [1.82, 2.24) is 19.9 Å². The van der Waals surface area contributed by atoms with Gasteiger partial charge in [-0.1, -0.05) is 18.2 Å². The monoisotopic (exact) mass is 387 g/mol. The predicted molar refractivity (Wildman–Crippen MR) is 111 cm³/mol. The van der Waals surface area contributed by atoms with Crippen molar-refractivity contribution in [3.63, 3.8) is 0 Å². The van der Waals surface area contributed by atoms with Gasteiger partial charge in [-0.2, -0.15) is 0 Å². The standard InChI is InChI=1S/C22H21N5O2/c1-15-17(8-12-29-15)21-18(19-14-23-10-11-24-19)13-26-22(27-21)25-9-7-16-5-3-4-6-20(16)28-2/h3-6,8,10-14H,7,9H2,1-2H3,(H,25,26,27). The van der Waals surface area contributed by atoms with Crippen molar-refractivity contribution in [3.05, 3.63) is 72.7 Å². The van der Waals surface area contributed by atoms with Gasteiger partial charge in [0.05, 0.1) is 31.0 Å².